The topological polar surface area (TPSA) is 102 Å². The number of ether oxygens (including phenoxy) is 1. The number of methoxy groups -OCH3 is 1. The number of aromatic carboxylic acids is 1. The third kappa shape index (κ3) is 3.40. The van der Waals surface area contributed by atoms with Crippen molar-refractivity contribution in [3.8, 4) is 28.3 Å². The van der Waals surface area contributed by atoms with Crippen molar-refractivity contribution in [2.24, 2.45) is 5.73 Å². The average molecular weight is 419 g/mol. The summed E-state index contributed by atoms with van der Waals surface area (Å²) in [6.45, 7) is 1.44. The van der Waals surface area contributed by atoms with Gasteiger partial charge in [0.2, 0.25) is 0 Å². The van der Waals surface area contributed by atoms with E-state index in [1.54, 1.807) is 7.11 Å². The number of benzene rings is 1. The lowest BCUT2D eigenvalue weighted by Crippen LogP contribution is -2.67. The fraction of sp³-hybridized carbons (Fsp3) is 0.333. The molecule has 0 atom stereocenters. The number of fused-ring (bicyclic) bond motifs is 3. The molecule has 5 rings (SSSR count). The highest BCUT2D eigenvalue weighted by Gasteiger charge is 2.41. The minimum absolute atomic E-state index is 0.280. The number of pyridine rings is 1. The maximum atomic E-state index is 12.1. The number of aryl methyl sites for hydroxylation is 1. The Morgan fingerprint density at radius 1 is 1.29 bits per heavy atom. The molecular weight excluding hydrogens is 394 g/mol. The van der Waals surface area contributed by atoms with Crippen LogP contribution < -0.4 is 10.5 Å². The number of aromatic nitrogens is 1. The van der Waals surface area contributed by atoms with E-state index in [1.165, 1.54) is 0 Å². The molecule has 1 saturated heterocycles. The molecule has 7 heteroatoms. The first-order chi connectivity index (χ1) is 14.9. The number of likely N-dealkylation sites (N-methyl/N-ethyl adjacent to an activating group) is 1. The Kier molecular flexibility index (Phi) is 4.60. The predicted octanol–water partition coefficient (Wildman–Crippen LogP) is 3.00. The summed E-state index contributed by atoms with van der Waals surface area (Å²) in [4.78, 5) is 18.9. The third-order valence-electron chi connectivity index (χ3n) is 6.24. The first kappa shape index (κ1) is 19.8. The smallest absolute Gasteiger partial charge is 0.339 e. The van der Waals surface area contributed by atoms with Crippen LogP contribution in [0.15, 0.2) is 40.9 Å². The van der Waals surface area contributed by atoms with Crippen molar-refractivity contribution in [1.82, 2.24) is 9.88 Å². The number of carboxylic acid groups (broad SMARTS) is 1. The summed E-state index contributed by atoms with van der Waals surface area (Å²) < 4.78 is 11.5. The zero-order chi connectivity index (χ0) is 21.8. The molecule has 1 aliphatic carbocycles. The van der Waals surface area contributed by atoms with Crippen LogP contribution in [0.5, 0.6) is 5.75 Å². The molecule has 0 unspecified atom stereocenters. The van der Waals surface area contributed by atoms with Crippen molar-refractivity contribution >= 4 is 5.97 Å². The Morgan fingerprint density at radius 2 is 2.03 bits per heavy atom. The van der Waals surface area contributed by atoms with Crippen molar-refractivity contribution in [3.05, 3.63) is 59.0 Å². The van der Waals surface area contributed by atoms with Gasteiger partial charge in [0.15, 0.2) is 0 Å². The second kappa shape index (κ2) is 7.21. The molecule has 1 aliphatic heterocycles. The van der Waals surface area contributed by atoms with Crippen molar-refractivity contribution < 1.29 is 19.1 Å². The predicted molar refractivity (Wildman–Crippen MR) is 116 cm³/mol. The van der Waals surface area contributed by atoms with Crippen molar-refractivity contribution in [3.63, 3.8) is 0 Å². The molecule has 160 valence electrons. The summed E-state index contributed by atoms with van der Waals surface area (Å²) in [5.74, 6) is 0.943. The third-order valence-corrected chi connectivity index (χ3v) is 6.24. The molecule has 0 bridgehead atoms. The van der Waals surface area contributed by atoms with Gasteiger partial charge in [-0.05, 0) is 55.8 Å². The van der Waals surface area contributed by atoms with E-state index in [1.807, 2.05) is 43.6 Å². The molecule has 2 aliphatic rings. The van der Waals surface area contributed by atoms with Crippen LogP contribution in [-0.4, -0.2) is 53.7 Å². The SMILES string of the molecule is COc1ccc(-c2cc3c(cn2)CCc2c-3oc(CC3(N)CN(C)C3)c2C(=O)O)cc1. The van der Waals surface area contributed by atoms with Gasteiger partial charge in [-0.3, -0.25) is 4.98 Å². The largest absolute Gasteiger partial charge is 0.497 e. The van der Waals surface area contributed by atoms with Crippen LogP contribution in [0.25, 0.3) is 22.6 Å². The zero-order valence-corrected chi connectivity index (χ0v) is 17.6. The van der Waals surface area contributed by atoms with Gasteiger partial charge in [-0.1, -0.05) is 0 Å². The molecular formula is C24H25N3O4. The maximum Gasteiger partial charge on any atom is 0.339 e. The number of furan rings is 1. The van der Waals surface area contributed by atoms with Crippen molar-refractivity contribution in [2.45, 2.75) is 24.8 Å². The molecule has 1 aromatic carbocycles. The second-order valence-electron chi connectivity index (χ2n) is 8.68. The summed E-state index contributed by atoms with van der Waals surface area (Å²) in [6.07, 6.45) is 3.63. The van der Waals surface area contributed by atoms with Gasteiger partial charge in [0.1, 0.15) is 22.8 Å². The van der Waals surface area contributed by atoms with Crippen LogP contribution in [0.4, 0.5) is 0 Å². The fourth-order valence-electron chi connectivity index (χ4n) is 4.88. The Morgan fingerprint density at radius 3 is 2.68 bits per heavy atom. The summed E-state index contributed by atoms with van der Waals surface area (Å²) in [7, 11) is 3.63. The molecule has 0 radical (unpaired) electrons. The number of likely N-dealkylation sites (tertiary alicyclic amines) is 1. The van der Waals surface area contributed by atoms with Gasteiger partial charge in [0, 0.05) is 47.9 Å². The number of hydrogen-bond donors (Lipinski definition) is 2. The standard InChI is InChI=1S/C24H25N3O4/c1-27-12-24(25,13-27)10-20-21(23(28)29)17-8-5-15-11-26-19(9-18(15)22(17)31-20)14-3-6-16(30-2)7-4-14/h3-4,6-7,9,11H,5,8,10,12-13,25H2,1-2H3,(H,28,29). The number of carbonyl (C=O) groups is 1. The van der Waals surface area contributed by atoms with E-state index in [0.717, 1.165) is 53.2 Å². The average Bonchev–Trinajstić information content (AvgIpc) is 3.10. The lowest BCUT2D eigenvalue weighted by Gasteiger charge is -2.45. The minimum atomic E-state index is -0.954. The minimum Gasteiger partial charge on any atom is -0.497 e. The van der Waals surface area contributed by atoms with E-state index in [9.17, 15) is 9.90 Å². The van der Waals surface area contributed by atoms with Gasteiger partial charge >= 0.3 is 5.97 Å². The number of rotatable bonds is 5. The maximum absolute atomic E-state index is 12.1. The summed E-state index contributed by atoms with van der Waals surface area (Å²) in [6, 6.07) is 9.69. The number of nitrogens with two attached hydrogens (primary N) is 1. The van der Waals surface area contributed by atoms with Gasteiger partial charge < -0.3 is 24.9 Å². The highest BCUT2D eigenvalue weighted by molar-refractivity contribution is 5.94. The molecule has 0 amide bonds. The summed E-state index contributed by atoms with van der Waals surface area (Å²) >= 11 is 0. The normalized spacial score (nSPS) is 16.9. The molecule has 7 nitrogen and oxygen atoms in total. The quantitative estimate of drug-likeness (QED) is 0.655. The highest BCUT2D eigenvalue weighted by atomic mass is 16.5. The number of nitrogens with zero attached hydrogens (tertiary/aromatic N) is 2. The summed E-state index contributed by atoms with van der Waals surface area (Å²) in [5, 5.41) is 9.94. The molecule has 2 aromatic heterocycles. The van der Waals surface area contributed by atoms with Crippen molar-refractivity contribution in [1.29, 1.82) is 0 Å². The lowest BCUT2D eigenvalue weighted by molar-refractivity contribution is 0.0687. The summed E-state index contributed by atoms with van der Waals surface area (Å²) in [5.41, 5.74) is 10.8. The molecule has 3 heterocycles. The number of carboxylic acids is 1. The van der Waals surface area contributed by atoms with E-state index in [0.29, 0.717) is 24.4 Å². The monoisotopic (exact) mass is 419 g/mol. The Balaban J connectivity index is 1.57. The Bertz CT molecular complexity index is 1160. The first-order valence-electron chi connectivity index (χ1n) is 10.4. The van der Waals surface area contributed by atoms with Crippen LogP contribution in [0.3, 0.4) is 0 Å². The van der Waals surface area contributed by atoms with Gasteiger partial charge in [-0.25, -0.2) is 4.79 Å². The first-order valence-corrected chi connectivity index (χ1v) is 10.4. The van der Waals surface area contributed by atoms with Crippen LogP contribution in [0, 0.1) is 0 Å². The van der Waals surface area contributed by atoms with E-state index in [-0.39, 0.29) is 5.56 Å². The zero-order valence-electron chi connectivity index (χ0n) is 17.6. The Hall–Kier alpha value is -3.16. The van der Waals surface area contributed by atoms with Gasteiger partial charge in [-0.15, -0.1) is 0 Å². The van der Waals surface area contributed by atoms with Gasteiger partial charge in [-0.2, -0.15) is 0 Å². The van der Waals surface area contributed by atoms with E-state index < -0.39 is 11.5 Å². The molecule has 3 aromatic rings. The fourth-order valence-corrected chi connectivity index (χ4v) is 4.88. The number of hydrogen-bond acceptors (Lipinski definition) is 6. The second-order valence-corrected chi connectivity index (χ2v) is 8.68. The van der Waals surface area contributed by atoms with Crippen LogP contribution >= 0.6 is 0 Å². The molecule has 3 N–H and O–H groups in total. The van der Waals surface area contributed by atoms with Crippen LogP contribution in [0.1, 0.15) is 27.2 Å². The Labute approximate surface area is 180 Å². The van der Waals surface area contributed by atoms with Crippen LogP contribution in [-0.2, 0) is 19.3 Å². The van der Waals surface area contributed by atoms with E-state index >= 15 is 0 Å². The van der Waals surface area contributed by atoms with Gasteiger partial charge in [0.05, 0.1) is 12.8 Å². The lowest BCUT2D eigenvalue weighted by atomic mass is 9.84. The van der Waals surface area contributed by atoms with E-state index in [2.05, 4.69) is 9.88 Å². The molecule has 1 fully saturated rings. The molecule has 0 saturated carbocycles. The molecule has 31 heavy (non-hydrogen) atoms. The van der Waals surface area contributed by atoms with Crippen molar-refractivity contribution in [2.75, 3.05) is 27.2 Å². The van der Waals surface area contributed by atoms with Crippen LogP contribution in [0.2, 0.25) is 0 Å². The highest BCUT2D eigenvalue weighted by Crippen LogP contribution is 2.41. The van der Waals surface area contributed by atoms with Gasteiger partial charge in [0.25, 0.3) is 0 Å². The molecule has 0 spiro atoms. The van der Waals surface area contributed by atoms with E-state index in [4.69, 9.17) is 14.9 Å².